The molecule has 0 heterocycles. The SMILES string of the molecule is C[C@H](CCc1ccccc1)NC(=O)c1ccc(S(=O)(=O)C(F)F)cc1. The van der Waals surface area contributed by atoms with Gasteiger partial charge in [-0.05, 0) is 49.6 Å². The van der Waals surface area contributed by atoms with Crippen molar-refractivity contribution in [2.24, 2.45) is 0 Å². The van der Waals surface area contributed by atoms with Gasteiger partial charge < -0.3 is 5.32 Å². The van der Waals surface area contributed by atoms with E-state index in [1.54, 1.807) is 0 Å². The first-order chi connectivity index (χ1) is 11.8. The predicted octanol–water partition coefficient (Wildman–Crippen LogP) is 3.43. The van der Waals surface area contributed by atoms with Crippen LogP contribution >= 0.6 is 0 Å². The molecule has 0 fully saturated rings. The standard InChI is InChI=1S/C18H19F2NO3S/c1-13(7-8-14-5-3-2-4-6-14)21-17(22)15-9-11-16(12-10-15)25(23,24)18(19)20/h2-6,9-13,18H,7-8H2,1H3,(H,21,22)/t13-/m1/s1. The summed E-state index contributed by atoms with van der Waals surface area (Å²) in [5, 5.41) is 2.81. The van der Waals surface area contributed by atoms with Crippen LogP contribution in [-0.4, -0.2) is 26.1 Å². The fourth-order valence-electron chi connectivity index (χ4n) is 2.31. The number of hydrogen-bond acceptors (Lipinski definition) is 3. The fourth-order valence-corrected chi connectivity index (χ4v) is 3.03. The van der Waals surface area contributed by atoms with Crippen LogP contribution in [0.3, 0.4) is 0 Å². The Morgan fingerprint density at radius 2 is 1.64 bits per heavy atom. The second-order valence-electron chi connectivity index (χ2n) is 5.73. The summed E-state index contributed by atoms with van der Waals surface area (Å²) in [6.07, 6.45) is 1.56. The second kappa shape index (κ2) is 8.20. The summed E-state index contributed by atoms with van der Waals surface area (Å²) in [4.78, 5) is 11.6. The van der Waals surface area contributed by atoms with E-state index in [9.17, 15) is 22.0 Å². The van der Waals surface area contributed by atoms with E-state index in [4.69, 9.17) is 0 Å². The number of hydrogen-bond donors (Lipinski definition) is 1. The topological polar surface area (TPSA) is 63.2 Å². The van der Waals surface area contributed by atoms with Gasteiger partial charge in [-0.2, -0.15) is 8.78 Å². The van der Waals surface area contributed by atoms with Gasteiger partial charge in [0.2, 0.25) is 9.84 Å². The molecule has 0 saturated carbocycles. The maximum atomic E-state index is 12.5. The van der Waals surface area contributed by atoms with Crippen molar-refractivity contribution < 1.29 is 22.0 Å². The van der Waals surface area contributed by atoms with Gasteiger partial charge >= 0.3 is 5.76 Å². The van der Waals surface area contributed by atoms with Crippen molar-refractivity contribution in [1.29, 1.82) is 0 Å². The number of nitrogens with one attached hydrogen (secondary N) is 1. The lowest BCUT2D eigenvalue weighted by Crippen LogP contribution is -2.32. The van der Waals surface area contributed by atoms with Crippen molar-refractivity contribution in [3.05, 3.63) is 65.7 Å². The number of rotatable bonds is 7. The summed E-state index contributed by atoms with van der Waals surface area (Å²) in [6, 6.07) is 14.3. The van der Waals surface area contributed by atoms with Gasteiger partial charge in [0.1, 0.15) is 0 Å². The van der Waals surface area contributed by atoms with Crippen LogP contribution in [0.15, 0.2) is 59.5 Å². The summed E-state index contributed by atoms with van der Waals surface area (Å²) >= 11 is 0. The zero-order valence-corrected chi connectivity index (χ0v) is 14.5. The average molecular weight is 367 g/mol. The molecule has 0 unspecified atom stereocenters. The summed E-state index contributed by atoms with van der Waals surface area (Å²) in [7, 11) is -4.65. The van der Waals surface area contributed by atoms with E-state index in [1.807, 2.05) is 37.3 Å². The molecule has 0 aliphatic rings. The third-order valence-electron chi connectivity index (χ3n) is 3.77. The molecule has 0 aliphatic carbocycles. The molecule has 1 atom stereocenters. The third kappa shape index (κ3) is 5.09. The fraction of sp³-hybridized carbons (Fsp3) is 0.278. The van der Waals surface area contributed by atoms with Gasteiger partial charge in [0.05, 0.1) is 4.90 Å². The molecule has 134 valence electrons. The Bertz CT molecular complexity index is 806. The maximum absolute atomic E-state index is 12.5. The monoisotopic (exact) mass is 367 g/mol. The largest absolute Gasteiger partial charge is 0.350 e. The van der Waals surface area contributed by atoms with Gasteiger partial charge in [-0.15, -0.1) is 0 Å². The highest BCUT2D eigenvalue weighted by Gasteiger charge is 2.26. The third-order valence-corrected chi connectivity index (χ3v) is 5.16. The molecule has 0 spiro atoms. The Hall–Kier alpha value is -2.28. The molecule has 1 N–H and O–H groups in total. The smallest absolute Gasteiger partial charge is 0.341 e. The van der Waals surface area contributed by atoms with Crippen molar-refractivity contribution in [3.8, 4) is 0 Å². The van der Waals surface area contributed by atoms with Crippen LogP contribution in [0, 0.1) is 0 Å². The number of amides is 1. The van der Waals surface area contributed by atoms with E-state index < -0.39 is 20.5 Å². The first-order valence-corrected chi connectivity index (χ1v) is 9.32. The minimum absolute atomic E-state index is 0.0859. The molecule has 0 saturated heterocycles. The molecule has 2 aromatic rings. The van der Waals surface area contributed by atoms with Crippen LogP contribution in [0.25, 0.3) is 0 Å². The molecule has 1 amide bonds. The van der Waals surface area contributed by atoms with Gasteiger partial charge in [0, 0.05) is 11.6 Å². The number of sulfone groups is 1. The molecule has 0 aromatic heterocycles. The van der Waals surface area contributed by atoms with E-state index >= 15 is 0 Å². The Morgan fingerprint density at radius 1 is 1.04 bits per heavy atom. The van der Waals surface area contributed by atoms with Crippen molar-refractivity contribution >= 4 is 15.7 Å². The molecule has 7 heteroatoms. The van der Waals surface area contributed by atoms with E-state index in [-0.39, 0.29) is 17.5 Å². The minimum atomic E-state index is -4.65. The summed E-state index contributed by atoms with van der Waals surface area (Å²) in [6.45, 7) is 1.87. The first-order valence-electron chi connectivity index (χ1n) is 7.77. The van der Waals surface area contributed by atoms with Crippen LogP contribution in [-0.2, 0) is 16.3 Å². The van der Waals surface area contributed by atoms with Gasteiger partial charge in [-0.25, -0.2) is 8.42 Å². The van der Waals surface area contributed by atoms with Crippen molar-refractivity contribution in [3.63, 3.8) is 0 Å². The number of carbonyl (C=O) groups is 1. The van der Waals surface area contributed by atoms with Crippen LogP contribution in [0.4, 0.5) is 8.78 Å². The summed E-state index contributed by atoms with van der Waals surface area (Å²) in [5.74, 6) is -3.85. The van der Waals surface area contributed by atoms with Crippen LogP contribution in [0.1, 0.15) is 29.3 Å². The zero-order chi connectivity index (χ0) is 18.4. The Kier molecular flexibility index (Phi) is 6.25. The number of aryl methyl sites for hydroxylation is 1. The predicted molar refractivity (Wildman–Crippen MR) is 91.3 cm³/mol. The molecule has 0 radical (unpaired) electrons. The van der Waals surface area contributed by atoms with E-state index in [0.717, 1.165) is 25.0 Å². The zero-order valence-electron chi connectivity index (χ0n) is 13.7. The van der Waals surface area contributed by atoms with Crippen LogP contribution in [0.5, 0.6) is 0 Å². The normalized spacial score (nSPS) is 12.8. The van der Waals surface area contributed by atoms with Gasteiger partial charge in [-0.3, -0.25) is 4.79 Å². The second-order valence-corrected chi connectivity index (χ2v) is 7.65. The first kappa shape index (κ1) is 19.1. The lowest BCUT2D eigenvalue weighted by atomic mass is 10.1. The molecule has 25 heavy (non-hydrogen) atoms. The average Bonchev–Trinajstić information content (AvgIpc) is 2.60. The van der Waals surface area contributed by atoms with Crippen LogP contribution in [0.2, 0.25) is 0 Å². The Balaban J connectivity index is 1.94. The van der Waals surface area contributed by atoms with Gasteiger partial charge in [0.25, 0.3) is 5.91 Å². The number of carbonyl (C=O) groups excluding carboxylic acids is 1. The van der Waals surface area contributed by atoms with Crippen molar-refractivity contribution in [2.75, 3.05) is 0 Å². The number of halogens is 2. The minimum Gasteiger partial charge on any atom is -0.350 e. The van der Waals surface area contributed by atoms with Crippen molar-refractivity contribution in [1.82, 2.24) is 5.32 Å². The molecular formula is C18H19F2NO3S. The summed E-state index contributed by atoms with van der Waals surface area (Å²) < 4.78 is 47.7. The molecule has 2 aromatic carbocycles. The number of benzene rings is 2. The molecule has 4 nitrogen and oxygen atoms in total. The van der Waals surface area contributed by atoms with Gasteiger partial charge in [-0.1, -0.05) is 30.3 Å². The molecular weight excluding hydrogens is 348 g/mol. The quantitative estimate of drug-likeness (QED) is 0.815. The summed E-state index contributed by atoms with van der Waals surface area (Å²) in [5.41, 5.74) is 1.39. The highest BCUT2D eigenvalue weighted by molar-refractivity contribution is 7.91. The highest BCUT2D eigenvalue weighted by atomic mass is 32.2. The van der Waals surface area contributed by atoms with Gasteiger partial charge in [0.15, 0.2) is 0 Å². The molecule has 0 bridgehead atoms. The van der Waals surface area contributed by atoms with E-state index in [1.165, 1.54) is 17.7 Å². The van der Waals surface area contributed by atoms with E-state index in [0.29, 0.717) is 0 Å². The Labute approximate surface area is 145 Å². The molecule has 0 aliphatic heterocycles. The maximum Gasteiger partial charge on any atom is 0.341 e. The Morgan fingerprint density at radius 3 is 2.20 bits per heavy atom. The number of alkyl halides is 2. The molecule has 2 rings (SSSR count). The van der Waals surface area contributed by atoms with Crippen molar-refractivity contribution in [2.45, 2.75) is 36.5 Å². The lowest BCUT2D eigenvalue weighted by molar-refractivity contribution is 0.0938. The van der Waals surface area contributed by atoms with Crippen LogP contribution < -0.4 is 5.32 Å². The lowest BCUT2D eigenvalue weighted by Gasteiger charge is -2.14. The van der Waals surface area contributed by atoms with E-state index in [2.05, 4.69) is 5.32 Å². The highest BCUT2D eigenvalue weighted by Crippen LogP contribution is 2.18.